The summed E-state index contributed by atoms with van der Waals surface area (Å²) < 4.78 is 33.1. The number of rotatable bonds is 40. The Morgan fingerprint density at radius 1 is 0.383 bits per heavy atom. The molecule has 1 N–H and O–H groups in total. The minimum absolute atomic E-state index is 0.0521. The Kier molecular flexibility index (Phi) is 39.5. The molecule has 0 bridgehead atoms. The van der Waals surface area contributed by atoms with E-state index >= 15 is 0 Å². The van der Waals surface area contributed by atoms with Crippen LogP contribution in [0.25, 0.3) is 0 Å². The van der Waals surface area contributed by atoms with E-state index in [9.17, 15) is 9.46 Å². The van der Waals surface area contributed by atoms with Crippen LogP contribution >= 0.6 is 7.82 Å². The third-order valence-electron chi connectivity index (χ3n) is 8.57. The van der Waals surface area contributed by atoms with Crippen LogP contribution in [0.2, 0.25) is 0 Å². The molecule has 0 rings (SSSR count). The second-order valence-corrected chi connectivity index (χ2v) is 14.7. The Labute approximate surface area is 292 Å². The van der Waals surface area contributed by atoms with Crippen LogP contribution in [0.1, 0.15) is 194 Å². The summed E-state index contributed by atoms with van der Waals surface area (Å²) in [6.45, 7) is 6.55. The Hall–Kier alpha value is -0.490. The van der Waals surface area contributed by atoms with E-state index in [2.05, 4.69) is 38.2 Å². The first-order valence-corrected chi connectivity index (χ1v) is 21.7. The van der Waals surface area contributed by atoms with Crippen LogP contribution in [0.5, 0.6) is 0 Å². The lowest BCUT2D eigenvalue weighted by Crippen LogP contribution is -2.08. The summed E-state index contributed by atoms with van der Waals surface area (Å²) in [6, 6.07) is 0. The summed E-state index contributed by atoms with van der Waals surface area (Å²) in [7, 11) is -4.05. The number of phosphoric ester groups is 1. The third-order valence-corrected chi connectivity index (χ3v) is 9.58. The quantitative estimate of drug-likeness (QED) is 0.0393. The van der Waals surface area contributed by atoms with Gasteiger partial charge in [-0.3, -0.25) is 9.05 Å². The van der Waals surface area contributed by atoms with E-state index in [1.54, 1.807) is 0 Å². The van der Waals surface area contributed by atoms with Crippen LogP contribution in [-0.2, 0) is 23.1 Å². The van der Waals surface area contributed by atoms with Gasteiger partial charge in [0.2, 0.25) is 0 Å². The first-order chi connectivity index (χ1) is 23.1. The van der Waals surface area contributed by atoms with Crippen LogP contribution in [0.3, 0.4) is 0 Å². The van der Waals surface area contributed by atoms with Gasteiger partial charge in [0.25, 0.3) is 0 Å². The molecule has 0 aliphatic carbocycles. The Balaban J connectivity index is 3.31. The predicted octanol–water partition coefficient (Wildman–Crippen LogP) is 13.2. The molecule has 0 radical (unpaired) electrons. The molecule has 0 unspecified atom stereocenters. The zero-order valence-electron chi connectivity index (χ0n) is 31.3. The van der Waals surface area contributed by atoms with Crippen molar-refractivity contribution in [3.63, 3.8) is 0 Å². The number of phosphoric acid groups is 1. The standard InChI is InChI=1S/C40H79O6P/c1-3-5-7-9-11-13-15-17-19-21-23-25-27-29-31-33-35-43-37-39-45-47(41,42)46-40-38-44-36-34-32-30-28-26-24-22-20-18-16-14-12-10-8-6-4-2/h17-20H,3-16,21-40H2,1-2H3,(H,41,42). The molecular formula is C40H79O6P. The largest absolute Gasteiger partial charge is 0.472 e. The first-order valence-electron chi connectivity index (χ1n) is 20.2. The van der Waals surface area contributed by atoms with Gasteiger partial charge in [0.1, 0.15) is 0 Å². The summed E-state index contributed by atoms with van der Waals surface area (Å²) in [4.78, 5) is 9.81. The van der Waals surface area contributed by atoms with Gasteiger partial charge in [0.15, 0.2) is 0 Å². The lowest BCUT2D eigenvalue weighted by molar-refractivity contribution is 0.0564. The maximum Gasteiger partial charge on any atom is 0.472 e. The van der Waals surface area contributed by atoms with Crippen molar-refractivity contribution in [1.29, 1.82) is 0 Å². The number of hydrogen-bond donors (Lipinski definition) is 1. The van der Waals surface area contributed by atoms with Crippen LogP contribution < -0.4 is 0 Å². The smallest absolute Gasteiger partial charge is 0.379 e. The van der Waals surface area contributed by atoms with Gasteiger partial charge in [-0.2, -0.15) is 0 Å². The highest BCUT2D eigenvalue weighted by atomic mass is 31.2. The maximum absolute atomic E-state index is 12.0. The van der Waals surface area contributed by atoms with Crippen molar-refractivity contribution in [2.45, 2.75) is 194 Å². The van der Waals surface area contributed by atoms with E-state index in [1.165, 1.54) is 154 Å². The monoisotopic (exact) mass is 687 g/mol. The Morgan fingerprint density at radius 2 is 0.660 bits per heavy atom. The van der Waals surface area contributed by atoms with Crippen molar-refractivity contribution < 1.29 is 28.0 Å². The number of ether oxygens (including phenoxy) is 2. The molecule has 47 heavy (non-hydrogen) atoms. The second-order valence-electron chi connectivity index (χ2n) is 13.2. The maximum atomic E-state index is 12.0. The van der Waals surface area contributed by atoms with E-state index in [1.807, 2.05) is 0 Å². The molecule has 0 atom stereocenters. The lowest BCUT2D eigenvalue weighted by Gasteiger charge is -2.12. The second kappa shape index (κ2) is 39.9. The van der Waals surface area contributed by atoms with Crippen LogP contribution in [0.4, 0.5) is 0 Å². The number of allylic oxidation sites excluding steroid dienone is 4. The van der Waals surface area contributed by atoms with Crippen molar-refractivity contribution in [3.05, 3.63) is 24.3 Å². The van der Waals surface area contributed by atoms with Gasteiger partial charge in [-0.05, 0) is 64.2 Å². The average molecular weight is 687 g/mol. The molecule has 0 saturated carbocycles. The zero-order chi connectivity index (χ0) is 34.2. The Bertz CT molecular complexity index is 644. The molecule has 0 saturated heterocycles. The van der Waals surface area contributed by atoms with E-state index < -0.39 is 7.82 Å². The fourth-order valence-electron chi connectivity index (χ4n) is 5.57. The SMILES string of the molecule is CCCCCCCCC=CCCCCCCCCOCCOP(=O)(O)OCCOCCCCCCCCC=CCCCCCCCC. The average Bonchev–Trinajstić information content (AvgIpc) is 3.06. The molecule has 0 fully saturated rings. The topological polar surface area (TPSA) is 74.2 Å². The molecule has 0 spiro atoms. The molecule has 0 aromatic heterocycles. The number of hydrogen-bond acceptors (Lipinski definition) is 5. The summed E-state index contributed by atoms with van der Waals surface area (Å²) in [5.41, 5.74) is 0. The van der Waals surface area contributed by atoms with Gasteiger partial charge in [0, 0.05) is 13.2 Å². The lowest BCUT2D eigenvalue weighted by atomic mass is 10.1. The van der Waals surface area contributed by atoms with Crippen molar-refractivity contribution in [1.82, 2.24) is 0 Å². The fourth-order valence-corrected chi connectivity index (χ4v) is 6.25. The van der Waals surface area contributed by atoms with E-state index in [4.69, 9.17) is 18.5 Å². The highest BCUT2D eigenvalue weighted by Gasteiger charge is 2.20. The van der Waals surface area contributed by atoms with Crippen LogP contribution in [0.15, 0.2) is 24.3 Å². The van der Waals surface area contributed by atoms with Gasteiger partial charge < -0.3 is 14.4 Å². The normalized spacial score (nSPS) is 13.3. The molecule has 6 nitrogen and oxygen atoms in total. The predicted molar refractivity (Wildman–Crippen MR) is 202 cm³/mol. The Morgan fingerprint density at radius 3 is 0.979 bits per heavy atom. The molecular weight excluding hydrogens is 607 g/mol. The molecule has 7 heteroatoms. The highest BCUT2D eigenvalue weighted by Crippen LogP contribution is 2.42. The summed E-state index contributed by atoms with van der Waals surface area (Å²) in [6.07, 6.45) is 45.4. The van der Waals surface area contributed by atoms with E-state index in [0.29, 0.717) is 26.4 Å². The van der Waals surface area contributed by atoms with Crippen LogP contribution in [-0.4, -0.2) is 44.5 Å². The van der Waals surface area contributed by atoms with E-state index in [0.717, 1.165) is 25.7 Å². The fraction of sp³-hybridized carbons (Fsp3) is 0.900. The third kappa shape index (κ3) is 41.6. The summed E-state index contributed by atoms with van der Waals surface area (Å²) in [5.74, 6) is 0. The molecule has 0 aromatic carbocycles. The molecule has 0 amide bonds. The van der Waals surface area contributed by atoms with Crippen molar-refractivity contribution in [3.8, 4) is 0 Å². The van der Waals surface area contributed by atoms with Gasteiger partial charge in [-0.15, -0.1) is 0 Å². The summed E-state index contributed by atoms with van der Waals surface area (Å²) >= 11 is 0. The molecule has 0 aliphatic heterocycles. The zero-order valence-corrected chi connectivity index (χ0v) is 32.2. The van der Waals surface area contributed by atoms with Gasteiger partial charge >= 0.3 is 7.82 Å². The minimum Gasteiger partial charge on any atom is -0.379 e. The van der Waals surface area contributed by atoms with Crippen molar-refractivity contribution in [2.75, 3.05) is 39.6 Å². The minimum atomic E-state index is -4.05. The molecule has 0 aliphatic rings. The molecule has 0 heterocycles. The van der Waals surface area contributed by atoms with Crippen molar-refractivity contribution >= 4 is 7.82 Å². The first kappa shape index (κ1) is 46.5. The number of unbranched alkanes of at least 4 members (excludes halogenated alkanes) is 24. The van der Waals surface area contributed by atoms with Crippen LogP contribution in [0, 0.1) is 0 Å². The van der Waals surface area contributed by atoms with Gasteiger partial charge in [0.05, 0.1) is 26.4 Å². The molecule has 280 valence electrons. The summed E-state index contributed by atoms with van der Waals surface area (Å²) in [5, 5.41) is 0. The van der Waals surface area contributed by atoms with Gasteiger partial charge in [-0.25, -0.2) is 4.57 Å². The van der Waals surface area contributed by atoms with Crippen molar-refractivity contribution in [2.24, 2.45) is 0 Å². The van der Waals surface area contributed by atoms with E-state index in [-0.39, 0.29) is 13.2 Å². The molecule has 0 aromatic rings. The van der Waals surface area contributed by atoms with Gasteiger partial charge in [-0.1, -0.05) is 154 Å². The highest BCUT2D eigenvalue weighted by molar-refractivity contribution is 7.47.